The molecule has 0 spiro atoms. The molecule has 6 heteroatoms. The highest BCUT2D eigenvalue weighted by atomic mass is 35.5. The summed E-state index contributed by atoms with van der Waals surface area (Å²) in [6, 6.07) is 4.41. The number of anilines is 1. The van der Waals surface area contributed by atoms with Gasteiger partial charge in [0.25, 0.3) is 0 Å². The van der Waals surface area contributed by atoms with Crippen molar-refractivity contribution in [1.29, 1.82) is 0 Å². The van der Waals surface area contributed by atoms with Gasteiger partial charge in [-0.3, -0.25) is 0 Å². The Morgan fingerprint density at radius 2 is 1.95 bits per heavy atom. The van der Waals surface area contributed by atoms with Crippen LogP contribution in [0.5, 0.6) is 0 Å². The molecule has 1 aromatic carbocycles. The third kappa shape index (κ3) is 4.27. The van der Waals surface area contributed by atoms with Crippen LogP contribution >= 0.6 is 23.2 Å². The summed E-state index contributed by atoms with van der Waals surface area (Å²) in [5, 5.41) is 15.7. The summed E-state index contributed by atoms with van der Waals surface area (Å²) in [6.45, 7) is 3.70. The Kier molecular flexibility index (Phi) is 5.91. The highest BCUT2D eigenvalue weighted by Crippen LogP contribution is 2.25. The van der Waals surface area contributed by atoms with Crippen LogP contribution in [-0.4, -0.2) is 23.3 Å². The maximum absolute atomic E-state index is 11.9. The maximum Gasteiger partial charge on any atom is 0.319 e. The Balaban J connectivity index is 2.77. The number of rotatable bonds is 5. The van der Waals surface area contributed by atoms with Crippen LogP contribution in [0.2, 0.25) is 10.0 Å². The largest absolute Gasteiger partial charge is 0.394 e. The number of carbonyl (C=O) groups is 1. The third-order valence-corrected chi connectivity index (χ3v) is 3.78. The Bertz CT molecular complexity index is 440. The highest BCUT2D eigenvalue weighted by Gasteiger charge is 2.27. The Labute approximate surface area is 123 Å². The molecule has 0 fully saturated rings. The van der Waals surface area contributed by atoms with Crippen LogP contribution < -0.4 is 10.6 Å². The molecule has 19 heavy (non-hydrogen) atoms. The van der Waals surface area contributed by atoms with Crippen LogP contribution in [0.1, 0.15) is 26.7 Å². The normalized spacial score (nSPS) is 11.2. The van der Waals surface area contributed by atoms with Crippen molar-refractivity contribution < 1.29 is 9.90 Å². The zero-order valence-corrected chi connectivity index (χ0v) is 12.5. The van der Waals surface area contributed by atoms with Gasteiger partial charge in [0.2, 0.25) is 0 Å². The van der Waals surface area contributed by atoms with Gasteiger partial charge in [-0.15, -0.1) is 0 Å². The predicted octanol–water partition coefficient (Wildman–Crippen LogP) is 3.67. The lowest BCUT2D eigenvalue weighted by atomic mass is 9.94. The summed E-state index contributed by atoms with van der Waals surface area (Å²) in [5.41, 5.74) is -0.180. The first kappa shape index (κ1) is 16.1. The van der Waals surface area contributed by atoms with Gasteiger partial charge in [0.05, 0.1) is 22.9 Å². The summed E-state index contributed by atoms with van der Waals surface area (Å²) < 4.78 is 0. The van der Waals surface area contributed by atoms with Gasteiger partial charge in [-0.2, -0.15) is 0 Å². The topological polar surface area (TPSA) is 61.4 Å². The van der Waals surface area contributed by atoms with Crippen LogP contribution in [0.15, 0.2) is 18.2 Å². The molecule has 0 radical (unpaired) electrons. The molecule has 0 aliphatic carbocycles. The van der Waals surface area contributed by atoms with Gasteiger partial charge >= 0.3 is 6.03 Å². The quantitative estimate of drug-likeness (QED) is 0.777. The van der Waals surface area contributed by atoms with Crippen LogP contribution in [0.4, 0.5) is 10.5 Å². The number of urea groups is 1. The van der Waals surface area contributed by atoms with Crippen LogP contribution in [0.25, 0.3) is 0 Å². The van der Waals surface area contributed by atoms with Gasteiger partial charge in [-0.1, -0.05) is 37.0 Å². The smallest absolute Gasteiger partial charge is 0.319 e. The molecule has 0 aromatic heterocycles. The number of hydrogen-bond acceptors (Lipinski definition) is 2. The minimum atomic E-state index is -0.616. The van der Waals surface area contributed by atoms with Crippen molar-refractivity contribution in [2.24, 2.45) is 0 Å². The van der Waals surface area contributed by atoms with E-state index in [4.69, 9.17) is 23.2 Å². The zero-order valence-electron chi connectivity index (χ0n) is 11.0. The number of amides is 2. The molecule has 0 aliphatic heterocycles. The van der Waals surface area contributed by atoms with Crippen LogP contribution in [0, 0.1) is 0 Å². The summed E-state index contributed by atoms with van der Waals surface area (Å²) in [4.78, 5) is 11.9. The number of aliphatic hydroxyl groups is 1. The van der Waals surface area contributed by atoms with Crippen LogP contribution in [0.3, 0.4) is 0 Å². The maximum atomic E-state index is 11.9. The number of hydrogen-bond donors (Lipinski definition) is 3. The molecule has 4 nitrogen and oxygen atoms in total. The van der Waals surface area contributed by atoms with Crippen molar-refractivity contribution in [3.8, 4) is 0 Å². The molecular formula is C13H18Cl2N2O2. The van der Waals surface area contributed by atoms with E-state index in [0.717, 1.165) is 0 Å². The molecule has 1 rings (SSSR count). The van der Waals surface area contributed by atoms with Gasteiger partial charge in [0.15, 0.2) is 0 Å². The molecule has 0 atom stereocenters. The standard InChI is InChI=1S/C13H18Cl2N2O2/c1-3-13(4-2,8-18)17-12(19)16-11-7-9(14)5-6-10(11)15/h5-7,18H,3-4,8H2,1-2H3,(H2,16,17,19). The number of benzene rings is 1. The second-order valence-corrected chi connectivity index (χ2v) is 5.19. The molecular weight excluding hydrogens is 287 g/mol. The van der Waals surface area contributed by atoms with Gasteiger partial charge in [0, 0.05) is 5.02 Å². The van der Waals surface area contributed by atoms with E-state index in [2.05, 4.69) is 10.6 Å². The molecule has 2 amide bonds. The van der Waals surface area contributed by atoms with Crippen molar-refractivity contribution in [3.63, 3.8) is 0 Å². The summed E-state index contributed by atoms with van der Waals surface area (Å²) in [6.07, 6.45) is 1.27. The van der Waals surface area contributed by atoms with E-state index < -0.39 is 11.6 Å². The third-order valence-electron chi connectivity index (χ3n) is 3.21. The lowest BCUT2D eigenvalue weighted by Crippen LogP contribution is -2.52. The molecule has 1 aromatic rings. The van der Waals surface area contributed by atoms with E-state index in [1.54, 1.807) is 18.2 Å². The Morgan fingerprint density at radius 1 is 1.32 bits per heavy atom. The average Bonchev–Trinajstić information content (AvgIpc) is 2.40. The van der Waals surface area contributed by atoms with Crippen molar-refractivity contribution in [1.82, 2.24) is 5.32 Å². The fraction of sp³-hybridized carbons (Fsp3) is 0.462. The monoisotopic (exact) mass is 304 g/mol. The fourth-order valence-corrected chi connectivity index (χ4v) is 2.01. The molecule has 0 saturated heterocycles. The molecule has 0 bridgehead atoms. The second kappa shape index (κ2) is 6.98. The fourth-order valence-electron chi connectivity index (χ4n) is 1.68. The molecule has 3 N–H and O–H groups in total. The number of halogens is 2. The lowest BCUT2D eigenvalue weighted by molar-refractivity contribution is 0.155. The van der Waals surface area contributed by atoms with Crippen molar-refractivity contribution in [2.75, 3.05) is 11.9 Å². The van der Waals surface area contributed by atoms with E-state index in [1.807, 2.05) is 13.8 Å². The highest BCUT2D eigenvalue weighted by molar-refractivity contribution is 6.35. The van der Waals surface area contributed by atoms with Gasteiger partial charge in [-0.05, 0) is 31.0 Å². The lowest BCUT2D eigenvalue weighted by Gasteiger charge is -2.30. The number of aliphatic hydroxyl groups excluding tert-OH is 1. The number of carbonyl (C=O) groups excluding carboxylic acids is 1. The number of nitrogens with one attached hydrogen (secondary N) is 2. The van der Waals surface area contributed by atoms with Gasteiger partial charge < -0.3 is 15.7 Å². The molecule has 106 valence electrons. The zero-order chi connectivity index (χ0) is 14.5. The Morgan fingerprint density at radius 3 is 2.47 bits per heavy atom. The molecule has 0 aliphatic rings. The second-order valence-electron chi connectivity index (χ2n) is 4.35. The molecule has 0 heterocycles. The van der Waals surface area contributed by atoms with E-state index in [-0.39, 0.29) is 6.61 Å². The molecule has 0 saturated carbocycles. The minimum absolute atomic E-state index is 0.114. The van der Waals surface area contributed by atoms with E-state index in [1.165, 1.54) is 0 Å². The first-order valence-electron chi connectivity index (χ1n) is 6.11. The van der Waals surface area contributed by atoms with Crippen LogP contribution in [-0.2, 0) is 0 Å². The van der Waals surface area contributed by atoms with E-state index in [0.29, 0.717) is 28.6 Å². The van der Waals surface area contributed by atoms with Gasteiger partial charge in [0.1, 0.15) is 0 Å². The summed E-state index contributed by atoms with van der Waals surface area (Å²) >= 11 is 11.8. The van der Waals surface area contributed by atoms with Crippen molar-refractivity contribution >= 4 is 34.9 Å². The average molecular weight is 305 g/mol. The first-order valence-corrected chi connectivity index (χ1v) is 6.87. The minimum Gasteiger partial charge on any atom is -0.394 e. The molecule has 0 unspecified atom stereocenters. The summed E-state index contributed by atoms with van der Waals surface area (Å²) in [7, 11) is 0. The van der Waals surface area contributed by atoms with Crippen molar-refractivity contribution in [3.05, 3.63) is 28.2 Å². The van der Waals surface area contributed by atoms with Gasteiger partial charge in [-0.25, -0.2) is 4.79 Å². The van der Waals surface area contributed by atoms with E-state index in [9.17, 15) is 9.90 Å². The summed E-state index contributed by atoms with van der Waals surface area (Å²) in [5.74, 6) is 0. The predicted molar refractivity (Wildman–Crippen MR) is 79.0 cm³/mol. The van der Waals surface area contributed by atoms with E-state index >= 15 is 0 Å². The Hall–Kier alpha value is -0.970. The SMILES string of the molecule is CCC(CC)(CO)NC(=O)Nc1cc(Cl)ccc1Cl. The van der Waals surface area contributed by atoms with Crippen molar-refractivity contribution in [2.45, 2.75) is 32.2 Å². The first-order chi connectivity index (χ1) is 8.96.